The van der Waals surface area contributed by atoms with E-state index in [1.165, 1.54) is 0 Å². The Morgan fingerprint density at radius 3 is 1.75 bits per heavy atom. The molecule has 1 aliphatic rings. The molecule has 5 aromatic carbocycles. The van der Waals surface area contributed by atoms with Crippen LogP contribution >= 0.6 is 0 Å². The van der Waals surface area contributed by atoms with Crippen LogP contribution < -0.4 is 14.8 Å². The zero-order chi connectivity index (χ0) is 39.3. The van der Waals surface area contributed by atoms with Gasteiger partial charge in [0.05, 0.1) is 33.2 Å². The molecule has 1 amide bonds. The molecule has 0 fully saturated rings. The summed E-state index contributed by atoms with van der Waals surface area (Å²) in [6.07, 6.45) is -0.0571. The highest BCUT2D eigenvalue weighted by atomic mass is 16.6. The number of carboxylic acids is 1. The maximum atomic E-state index is 12.9. The molecule has 1 atom stereocenters. The molecule has 10 heteroatoms. The molecule has 1 aliphatic carbocycles. The van der Waals surface area contributed by atoms with Crippen LogP contribution in [-0.2, 0) is 29.4 Å². The second kappa shape index (κ2) is 19.0. The van der Waals surface area contributed by atoms with Crippen molar-refractivity contribution in [2.24, 2.45) is 0 Å². The Morgan fingerprint density at radius 1 is 0.661 bits per heavy atom. The Balaban J connectivity index is 1.17. The van der Waals surface area contributed by atoms with Gasteiger partial charge >= 0.3 is 18.0 Å². The second-order valence-corrected chi connectivity index (χ2v) is 13.6. The molecule has 0 aliphatic heterocycles. The Kier molecular flexibility index (Phi) is 13.4. The zero-order valence-corrected chi connectivity index (χ0v) is 31.6. The number of carbonyl (C=O) groups is 3. The van der Waals surface area contributed by atoms with Crippen molar-refractivity contribution < 1.29 is 43.2 Å². The summed E-state index contributed by atoms with van der Waals surface area (Å²) >= 11 is 0. The van der Waals surface area contributed by atoms with Crippen molar-refractivity contribution in [3.05, 3.63) is 155 Å². The van der Waals surface area contributed by atoms with Gasteiger partial charge in [-0.3, -0.25) is 9.59 Å². The highest BCUT2D eigenvalue weighted by Crippen LogP contribution is 2.45. The minimum atomic E-state index is -1.17. The molecular weight excluding hydrogens is 711 g/mol. The summed E-state index contributed by atoms with van der Waals surface area (Å²) < 4.78 is 29.5. The lowest BCUT2D eigenvalue weighted by atomic mass is 9.79. The highest BCUT2D eigenvalue weighted by Gasteiger charge is 2.40. The van der Waals surface area contributed by atoms with Crippen molar-refractivity contribution in [2.75, 3.05) is 34.0 Å². The number of rotatable bonds is 19. The maximum absolute atomic E-state index is 12.9. The average molecular weight is 758 g/mol. The summed E-state index contributed by atoms with van der Waals surface area (Å²) in [7, 11) is 3.22. The third-order valence-corrected chi connectivity index (χ3v) is 10.1. The molecule has 0 heterocycles. The number of methoxy groups -OCH3 is 2. The van der Waals surface area contributed by atoms with Crippen molar-refractivity contribution in [2.45, 2.75) is 49.7 Å². The van der Waals surface area contributed by atoms with E-state index in [0.717, 1.165) is 38.9 Å². The predicted octanol–water partition coefficient (Wildman–Crippen LogP) is 8.50. The molecule has 0 radical (unpaired) electrons. The van der Waals surface area contributed by atoms with E-state index in [0.29, 0.717) is 37.3 Å². The largest absolute Gasteiger partial charge is 0.497 e. The fourth-order valence-corrected chi connectivity index (χ4v) is 7.26. The molecule has 0 spiro atoms. The quantitative estimate of drug-likeness (QED) is 0.0484. The van der Waals surface area contributed by atoms with Gasteiger partial charge in [0, 0.05) is 12.5 Å². The molecule has 1 unspecified atom stereocenters. The van der Waals surface area contributed by atoms with Crippen molar-refractivity contribution in [1.82, 2.24) is 5.32 Å². The van der Waals surface area contributed by atoms with Crippen LogP contribution in [0.1, 0.15) is 65.8 Å². The van der Waals surface area contributed by atoms with Gasteiger partial charge in [0.2, 0.25) is 0 Å². The van der Waals surface area contributed by atoms with Gasteiger partial charge in [0.25, 0.3) is 0 Å². The fraction of sp³-hybridized carbons (Fsp3) is 0.283. The molecule has 0 aromatic heterocycles. The van der Waals surface area contributed by atoms with Gasteiger partial charge in [-0.15, -0.1) is 0 Å². The summed E-state index contributed by atoms with van der Waals surface area (Å²) in [5, 5.41) is 12.0. The van der Waals surface area contributed by atoms with Crippen LogP contribution in [0.3, 0.4) is 0 Å². The maximum Gasteiger partial charge on any atom is 0.407 e. The van der Waals surface area contributed by atoms with Crippen molar-refractivity contribution in [3.63, 3.8) is 0 Å². The van der Waals surface area contributed by atoms with Gasteiger partial charge in [0.15, 0.2) is 0 Å². The Bertz CT molecular complexity index is 1970. The second-order valence-electron chi connectivity index (χ2n) is 13.6. The van der Waals surface area contributed by atoms with E-state index in [9.17, 15) is 14.4 Å². The van der Waals surface area contributed by atoms with Gasteiger partial charge < -0.3 is 34.1 Å². The van der Waals surface area contributed by atoms with Crippen LogP contribution in [-0.4, -0.2) is 63.2 Å². The van der Waals surface area contributed by atoms with E-state index in [-0.39, 0.29) is 32.0 Å². The molecule has 10 nitrogen and oxygen atoms in total. The number of esters is 1. The summed E-state index contributed by atoms with van der Waals surface area (Å²) in [6, 6.07) is 41.5. The average Bonchev–Trinajstić information content (AvgIpc) is 3.56. The van der Waals surface area contributed by atoms with E-state index in [4.69, 9.17) is 28.8 Å². The van der Waals surface area contributed by atoms with E-state index in [1.54, 1.807) is 14.2 Å². The summed E-state index contributed by atoms with van der Waals surface area (Å²) in [6.45, 7) is 0.475. The first-order valence-electron chi connectivity index (χ1n) is 18.8. The molecule has 56 heavy (non-hydrogen) atoms. The molecular formula is C46H47NO9. The number of fused-ring (bicyclic) bond motifs is 3. The van der Waals surface area contributed by atoms with Crippen molar-refractivity contribution in [1.29, 1.82) is 0 Å². The zero-order valence-electron chi connectivity index (χ0n) is 31.6. The number of alkyl carbamates (subject to hydrolysis) is 1. The van der Waals surface area contributed by atoms with E-state index >= 15 is 0 Å². The topological polar surface area (TPSA) is 130 Å². The van der Waals surface area contributed by atoms with Crippen LogP contribution in [0.2, 0.25) is 0 Å². The van der Waals surface area contributed by atoms with Crippen LogP contribution in [0, 0.1) is 0 Å². The monoisotopic (exact) mass is 757 g/mol. The number of aliphatic carboxylic acids is 1. The highest BCUT2D eigenvalue weighted by molar-refractivity contribution is 5.79. The number of ether oxygens (including phenoxy) is 5. The predicted molar refractivity (Wildman–Crippen MR) is 212 cm³/mol. The Labute approximate surface area is 327 Å². The first-order chi connectivity index (χ1) is 27.3. The van der Waals surface area contributed by atoms with E-state index in [1.807, 2.05) is 103 Å². The standard InChI is InChI=1S/C46H47NO9/c1-52-35-23-19-33(20-24-35)46(32-12-4-3-5-13-32,34-21-25-36(53-2)26-22-34)56-37(30-54-44(50)28-27-43(48)49)14-10-11-29-47-45(51)55-31-42-40-17-8-6-15-38(40)39-16-7-9-18-41(39)42/h3-9,12-13,15-26,37,42H,10-11,14,27-31H2,1-2H3,(H,47,51)(H,48,49). The number of unbranched alkanes of at least 4 members (excludes halogenated alkanes) is 1. The summed E-state index contributed by atoms with van der Waals surface area (Å²) in [5.74, 6) is -0.389. The molecule has 0 saturated carbocycles. The van der Waals surface area contributed by atoms with Crippen LogP contribution in [0.25, 0.3) is 11.1 Å². The third-order valence-electron chi connectivity index (χ3n) is 10.1. The molecule has 5 aromatic rings. The Morgan fingerprint density at radius 2 is 1.20 bits per heavy atom. The molecule has 0 bridgehead atoms. The Hall–Kier alpha value is -6.13. The number of carboxylic acid groups (broad SMARTS) is 1. The van der Waals surface area contributed by atoms with Crippen LogP contribution in [0.4, 0.5) is 4.79 Å². The third kappa shape index (κ3) is 9.38. The minimum absolute atomic E-state index is 0.0365. The lowest BCUT2D eigenvalue weighted by Gasteiger charge is -2.39. The van der Waals surface area contributed by atoms with Crippen LogP contribution in [0.5, 0.6) is 11.5 Å². The number of hydrogen-bond donors (Lipinski definition) is 2. The van der Waals surface area contributed by atoms with Gasteiger partial charge in [-0.05, 0) is 82.5 Å². The molecule has 6 rings (SSSR count). The molecule has 290 valence electrons. The summed E-state index contributed by atoms with van der Waals surface area (Å²) in [4.78, 5) is 36.7. The number of benzene rings is 5. The number of carbonyl (C=O) groups excluding carboxylic acids is 2. The number of hydrogen-bond acceptors (Lipinski definition) is 8. The van der Waals surface area contributed by atoms with Gasteiger partial charge in [0.1, 0.15) is 30.3 Å². The minimum Gasteiger partial charge on any atom is -0.497 e. The fourth-order valence-electron chi connectivity index (χ4n) is 7.26. The molecule has 2 N–H and O–H groups in total. The van der Waals surface area contributed by atoms with Gasteiger partial charge in [-0.25, -0.2) is 4.79 Å². The van der Waals surface area contributed by atoms with E-state index in [2.05, 4.69) is 29.6 Å². The van der Waals surface area contributed by atoms with Crippen molar-refractivity contribution >= 4 is 18.0 Å². The van der Waals surface area contributed by atoms with Gasteiger partial charge in [-0.2, -0.15) is 0 Å². The number of nitrogens with one attached hydrogen (secondary N) is 1. The van der Waals surface area contributed by atoms with Crippen LogP contribution in [0.15, 0.2) is 127 Å². The number of amides is 1. The van der Waals surface area contributed by atoms with Crippen molar-refractivity contribution in [3.8, 4) is 22.6 Å². The smallest absolute Gasteiger partial charge is 0.407 e. The lowest BCUT2D eigenvalue weighted by molar-refractivity contribution is -0.154. The van der Waals surface area contributed by atoms with Gasteiger partial charge in [-0.1, -0.05) is 103 Å². The normalized spacial score (nSPS) is 12.5. The molecule has 0 saturated heterocycles. The lowest BCUT2D eigenvalue weighted by Crippen LogP contribution is -2.39. The van der Waals surface area contributed by atoms with E-state index < -0.39 is 29.7 Å². The SMILES string of the molecule is COc1ccc(C(OC(CCCCNC(=O)OCC2c3ccccc3-c3ccccc32)COC(=O)CCC(=O)O)(c2ccccc2)c2ccc(OC)cc2)cc1. The first-order valence-corrected chi connectivity index (χ1v) is 18.8. The summed E-state index contributed by atoms with van der Waals surface area (Å²) in [5.41, 5.74) is 5.92. The first kappa shape index (κ1) is 39.6.